The first-order valence-corrected chi connectivity index (χ1v) is 7.49. The zero-order valence-corrected chi connectivity index (χ0v) is 13.6. The topological polar surface area (TPSA) is 63.4 Å². The molecule has 1 aromatic carbocycles. The Hall–Kier alpha value is -1.37. The van der Waals surface area contributed by atoms with E-state index in [1.807, 2.05) is 0 Å². The van der Waals surface area contributed by atoms with Crippen molar-refractivity contribution in [3.8, 4) is 0 Å². The van der Waals surface area contributed by atoms with Crippen LogP contribution in [0.15, 0.2) is 18.2 Å². The summed E-state index contributed by atoms with van der Waals surface area (Å²) in [5.41, 5.74) is 6.00. The molecule has 22 heavy (non-hydrogen) atoms. The Morgan fingerprint density at radius 2 is 2.18 bits per heavy atom. The van der Waals surface area contributed by atoms with E-state index in [0.29, 0.717) is 15.6 Å². The third-order valence-corrected chi connectivity index (χ3v) is 4.61. The number of halogens is 3. The molecule has 3 amide bonds. The minimum atomic E-state index is -0.745. The highest BCUT2D eigenvalue weighted by molar-refractivity contribution is 6.35. The largest absolute Gasteiger partial charge is 0.420 e. The van der Waals surface area contributed by atoms with E-state index < -0.39 is 18.6 Å². The molecule has 0 radical (unpaired) electrons. The van der Waals surface area contributed by atoms with Crippen LogP contribution in [0, 0.1) is 0 Å². The van der Waals surface area contributed by atoms with Gasteiger partial charge in [-0.3, -0.25) is 9.69 Å². The molecule has 2 unspecified atom stereocenters. The lowest BCUT2D eigenvalue weighted by atomic mass is 10.1. The molecule has 1 fully saturated rings. The number of primary amides is 1. The first-order valence-electron chi connectivity index (χ1n) is 6.73. The molecule has 1 aromatic rings. The van der Waals surface area contributed by atoms with Gasteiger partial charge in [0.2, 0.25) is 5.91 Å². The summed E-state index contributed by atoms with van der Waals surface area (Å²) in [6.07, 6.45) is 0. The van der Waals surface area contributed by atoms with Gasteiger partial charge in [-0.1, -0.05) is 29.3 Å². The van der Waals surface area contributed by atoms with Crippen LogP contribution in [0.3, 0.4) is 0 Å². The maximum absolute atomic E-state index is 13.0. The maximum Gasteiger partial charge on any atom is 0.420 e. The molecule has 8 heteroatoms. The molecule has 0 spiro atoms. The SMILES string of the molecule is CN1C(=O)[N+](CCF)(Cc2ccc(Cl)cc2Cl)CC1C(N)=O. The van der Waals surface area contributed by atoms with Crippen molar-refractivity contribution in [1.29, 1.82) is 0 Å². The highest BCUT2D eigenvalue weighted by Crippen LogP contribution is 2.30. The number of hydrogen-bond acceptors (Lipinski definition) is 2. The summed E-state index contributed by atoms with van der Waals surface area (Å²) in [6, 6.07) is 3.84. The number of nitrogens with zero attached hydrogens (tertiary/aromatic N) is 2. The number of carbonyl (C=O) groups excluding carboxylic acids is 2. The first-order chi connectivity index (χ1) is 10.3. The average molecular weight is 349 g/mol. The molecule has 120 valence electrons. The second-order valence-corrected chi connectivity index (χ2v) is 6.29. The molecule has 0 aromatic heterocycles. The number of benzene rings is 1. The fourth-order valence-electron chi connectivity index (χ4n) is 2.82. The summed E-state index contributed by atoms with van der Waals surface area (Å²) in [6.45, 7) is -0.400. The molecule has 1 aliphatic rings. The Morgan fingerprint density at radius 3 is 2.68 bits per heavy atom. The predicted octanol–water partition coefficient (Wildman–Crippen LogP) is 2.20. The van der Waals surface area contributed by atoms with Crippen molar-refractivity contribution in [3.63, 3.8) is 0 Å². The lowest BCUT2D eigenvalue weighted by Gasteiger charge is -2.29. The fourth-order valence-corrected chi connectivity index (χ4v) is 3.28. The van der Waals surface area contributed by atoms with E-state index >= 15 is 0 Å². The molecule has 0 saturated carbocycles. The molecular weight excluding hydrogens is 332 g/mol. The number of alkyl halides is 1. The van der Waals surface area contributed by atoms with Crippen LogP contribution >= 0.6 is 23.2 Å². The van der Waals surface area contributed by atoms with Gasteiger partial charge in [0.05, 0.1) is 5.02 Å². The van der Waals surface area contributed by atoms with Crippen molar-refractivity contribution in [2.24, 2.45) is 5.73 Å². The van der Waals surface area contributed by atoms with Gasteiger partial charge in [0.1, 0.15) is 26.3 Å². The molecule has 1 saturated heterocycles. The van der Waals surface area contributed by atoms with Gasteiger partial charge in [0, 0.05) is 17.6 Å². The minimum absolute atomic E-state index is 0.0358. The Bertz CT molecular complexity index is 614. The number of amides is 3. The maximum atomic E-state index is 13.0. The molecule has 2 N–H and O–H groups in total. The smallest absolute Gasteiger partial charge is 0.368 e. The van der Waals surface area contributed by atoms with Crippen molar-refractivity contribution < 1.29 is 18.5 Å². The van der Waals surface area contributed by atoms with Gasteiger partial charge in [-0.15, -0.1) is 0 Å². The third kappa shape index (κ3) is 3.04. The van der Waals surface area contributed by atoms with Crippen LogP contribution in [0.2, 0.25) is 10.0 Å². The normalized spacial score (nSPS) is 24.8. The molecule has 1 heterocycles. The number of likely N-dealkylation sites (N-methyl/N-ethyl adjacent to an activating group) is 1. The van der Waals surface area contributed by atoms with Gasteiger partial charge >= 0.3 is 6.03 Å². The van der Waals surface area contributed by atoms with E-state index in [1.54, 1.807) is 18.2 Å². The summed E-state index contributed by atoms with van der Waals surface area (Å²) < 4.78 is 12.8. The standard InChI is InChI=1S/C14H16Cl2FN3O2/c1-19-12(13(18)21)8-20(5-4-17,14(19)22)7-9-2-3-10(15)6-11(9)16/h2-3,6,12H,4-5,7-8H2,1H3,(H-,18,21)/p+1. The van der Waals surface area contributed by atoms with Crippen molar-refractivity contribution >= 4 is 35.1 Å². The summed E-state index contributed by atoms with van der Waals surface area (Å²) >= 11 is 12.0. The van der Waals surface area contributed by atoms with E-state index in [0.717, 1.165) is 0 Å². The van der Waals surface area contributed by atoms with Gasteiger partial charge < -0.3 is 5.73 Å². The highest BCUT2D eigenvalue weighted by Gasteiger charge is 2.52. The van der Waals surface area contributed by atoms with Gasteiger partial charge in [-0.25, -0.2) is 13.7 Å². The Balaban J connectivity index is 2.37. The summed E-state index contributed by atoms with van der Waals surface area (Å²) in [5.74, 6) is -0.600. The number of hydrogen-bond donors (Lipinski definition) is 1. The summed E-state index contributed by atoms with van der Waals surface area (Å²) in [7, 11) is 1.50. The van der Waals surface area contributed by atoms with Crippen molar-refractivity contribution in [3.05, 3.63) is 33.8 Å². The number of carbonyl (C=O) groups is 2. The van der Waals surface area contributed by atoms with E-state index in [-0.39, 0.29) is 30.1 Å². The Labute approximate surface area is 138 Å². The zero-order valence-electron chi connectivity index (χ0n) is 12.1. The molecule has 1 aliphatic heterocycles. The van der Waals surface area contributed by atoms with E-state index in [4.69, 9.17) is 28.9 Å². The second-order valence-electron chi connectivity index (χ2n) is 5.45. The fraction of sp³-hybridized carbons (Fsp3) is 0.429. The molecule has 5 nitrogen and oxygen atoms in total. The number of nitrogens with two attached hydrogens (primary N) is 1. The third-order valence-electron chi connectivity index (χ3n) is 4.03. The van der Waals surface area contributed by atoms with Gasteiger partial charge in [-0.05, 0) is 12.1 Å². The van der Waals surface area contributed by atoms with Crippen LogP contribution in [-0.2, 0) is 11.3 Å². The quantitative estimate of drug-likeness (QED) is 0.829. The minimum Gasteiger partial charge on any atom is -0.368 e. The van der Waals surface area contributed by atoms with Crippen molar-refractivity contribution in [2.45, 2.75) is 12.6 Å². The van der Waals surface area contributed by atoms with Crippen molar-refractivity contribution in [2.75, 3.05) is 26.8 Å². The highest BCUT2D eigenvalue weighted by atomic mass is 35.5. The van der Waals surface area contributed by atoms with Crippen LogP contribution in [0.4, 0.5) is 9.18 Å². The lowest BCUT2D eigenvalue weighted by Crippen LogP contribution is -2.51. The molecule has 0 bridgehead atoms. The Kier molecular flexibility index (Phi) is 4.94. The zero-order chi connectivity index (χ0) is 16.5. The number of urea groups is 1. The van der Waals surface area contributed by atoms with Gasteiger partial charge in [-0.2, -0.15) is 0 Å². The molecule has 0 aliphatic carbocycles. The van der Waals surface area contributed by atoms with Gasteiger partial charge in [0.25, 0.3) is 0 Å². The number of rotatable bonds is 5. The number of quaternary nitrogens is 1. The van der Waals surface area contributed by atoms with Crippen LogP contribution in [0.5, 0.6) is 0 Å². The molecule has 2 rings (SSSR count). The predicted molar refractivity (Wildman–Crippen MR) is 82.3 cm³/mol. The average Bonchev–Trinajstić information content (AvgIpc) is 2.68. The second kappa shape index (κ2) is 6.40. The molecule has 2 atom stereocenters. The van der Waals surface area contributed by atoms with Crippen LogP contribution < -0.4 is 5.73 Å². The lowest BCUT2D eigenvalue weighted by molar-refractivity contribution is -0.855. The monoisotopic (exact) mass is 348 g/mol. The molecular formula is C14H17Cl2FN3O2+. The van der Waals surface area contributed by atoms with Crippen LogP contribution in [0.25, 0.3) is 0 Å². The van der Waals surface area contributed by atoms with Crippen molar-refractivity contribution in [1.82, 2.24) is 4.90 Å². The van der Waals surface area contributed by atoms with Crippen LogP contribution in [-0.4, -0.2) is 54.2 Å². The van der Waals surface area contributed by atoms with E-state index in [2.05, 4.69) is 0 Å². The van der Waals surface area contributed by atoms with E-state index in [9.17, 15) is 14.0 Å². The Morgan fingerprint density at radius 1 is 1.50 bits per heavy atom. The van der Waals surface area contributed by atoms with Gasteiger partial charge in [0.15, 0.2) is 6.04 Å². The first kappa shape index (κ1) is 17.0. The summed E-state index contributed by atoms with van der Waals surface area (Å²) in [5, 5.41) is 0.882. The summed E-state index contributed by atoms with van der Waals surface area (Å²) in [4.78, 5) is 25.3. The van der Waals surface area contributed by atoms with Crippen LogP contribution in [0.1, 0.15) is 5.56 Å². The van der Waals surface area contributed by atoms with E-state index in [1.165, 1.54) is 11.9 Å².